The molecule has 144 valence electrons. The highest BCUT2D eigenvalue weighted by Crippen LogP contribution is 2.23. The SMILES string of the molecule is CN(C)c1ccc(CN=Nc2nc3ccccc3nc2Cc2ccccc2)cc1. The molecule has 3 aromatic carbocycles. The summed E-state index contributed by atoms with van der Waals surface area (Å²) in [5, 5.41) is 8.85. The van der Waals surface area contributed by atoms with Crippen molar-refractivity contribution in [2.75, 3.05) is 19.0 Å². The van der Waals surface area contributed by atoms with Gasteiger partial charge in [0.15, 0.2) is 5.82 Å². The number of nitrogens with zero attached hydrogens (tertiary/aromatic N) is 5. The molecule has 0 amide bonds. The van der Waals surface area contributed by atoms with Gasteiger partial charge in [0.1, 0.15) is 0 Å². The van der Waals surface area contributed by atoms with Crippen LogP contribution in [0.4, 0.5) is 11.5 Å². The molecule has 0 atom stereocenters. The van der Waals surface area contributed by atoms with Crippen molar-refractivity contribution in [1.29, 1.82) is 0 Å². The lowest BCUT2D eigenvalue weighted by atomic mass is 10.1. The van der Waals surface area contributed by atoms with Gasteiger partial charge in [0.25, 0.3) is 0 Å². The largest absolute Gasteiger partial charge is 0.378 e. The smallest absolute Gasteiger partial charge is 0.196 e. The van der Waals surface area contributed by atoms with Crippen molar-refractivity contribution in [1.82, 2.24) is 9.97 Å². The average molecular weight is 381 g/mol. The molecule has 0 unspecified atom stereocenters. The minimum Gasteiger partial charge on any atom is -0.378 e. The topological polar surface area (TPSA) is 53.7 Å². The number of fused-ring (bicyclic) bond motifs is 1. The number of rotatable bonds is 6. The summed E-state index contributed by atoms with van der Waals surface area (Å²) in [6.07, 6.45) is 0.671. The Balaban J connectivity index is 1.60. The molecule has 5 heteroatoms. The lowest BCUT2D eigenvalue weighted by Crippen LogP contribution is -2.08. The molecule has 0 radical (unpaired) electrons. The molecule has 4 rings (SSSR count). The summed E-state index contributed by atoms with van der Waals surface area (Å²) in [6.45, 7) is 0.507. The van der Waals surface area contributed by atoms with Crippen LogP contribution in [0.3, 0.4) is 0 Å². The summed E-state index contributed by atoms with van der Waals surface area (Å²) in [4.78, 5) is 11.6. The molecule has 0 N–H and O–H groups in total. The molecule has 4 aromatic rings. The first-order chi connectivity index (χ1) is 14.2. The first-order valence-electron chi connectivity index (χ1n) is 9.62. The van der Waals surface area contributed by atoms with E-state index in [4.69, 9.17) is 9.97 Å². The average Bonchev–Trinajstić information content (AvgIpc) is 2.75. The number of hydrogen-bond acceptors (Lipinski definition) is 5. The molecule has 0 spiro atoms. The van der Waals surface area contributed by atoms with Crippen molar-refractivity contribution in [2.24, 2.45) is 10.2 Å². The number of anilines is 1. The number of hydrogen-bond donors (Lipinski definition) is 0. The van der Waals surface area contributed by atoms with E-state index in [1.807, 2.05) is 56.6 Å². The van der Waals surface area contributed by atoms with E-state index in [-0.39, 0.29) is 0 Å². The summed E-state index contributed by atoms with van der Waals surface area (Å²) < 4.78 is 0. The van der Waals surface area contributed by atoms with Crippen molar-refractivity contribution in [3.63, 3.8) is 0 Å². The van der Waals surface area contributed by atoms with E-state index < -0.39 is 0 Å². The minimum atomic E-state index is 0.507. The van der Waals surface area contributed by atoms with Crippen LogP contribution in [0.25, 0.3) is 11.0 Å². The molecule has 0 fully saturated rings. The van der Waals surface area contributed by atoms with Crippen LogP contribution in [0.1, 0.15) is 16.8 Å². The molecule has 0 aliphatic carbocycles. The predicted molar refractivity (Wildman–Crippen MR) is 118 cm³/mol. The van der Waals surface area contributed by atoms with Crippen LogP contribution >= 0.6 is 0 Å². The van der Waals surface area contributed by atoms with Gasteiger partial charge >= 0.3 is 0 Å². The Bertz CT molecular complexity index is 1120. The molecule has 0 aliphatic heterocycles. The zero-order valence-electron chi connectivity index (χ0n) is 16.7. The van der Waals surface area contributed by atoms with Crippen LogP contribution < -0.4 is 4.90 Å². The summed E-state index contributed by atoms with van der Waals surface area (Å²) in [5.41, 5.74) is 5.98. The first-order valence-corrected chi connectivity index (χ1v) is 9.62. The highest BCUT2D eigenvalue weighted by atomic mass is 15.2. The highest BCUT2D eigenvalue weighted by molar-refractivity contribution is 5.75. The summed E-state index contributed by atoms with van der Waals surface area (Å²) in [7, 11) is 4.06. The maximum Gasteiger partial charge on any atom is 0.196 e. The molecule has 1 aromatic heterocycles. The lowest BCUT2D eigenvalue weighted by Gasteiger charge is -2.12. The van der Waals surface area contributed by atoms with E-state index in [0.29, 0.717) is 18.8 Å². The Hall–Kier alpha value is -3.60. The second-order valence-electron chi connectivity index (χ2n) is 7.11. The van der Waals surface area contributed by atoms with Crippen molar-refractivity contribution in [3.8, 4) is 0 Å². The molecule has 0 bridgehead atoms. The minimum absolute atomic E-state index is 0.507. The van der Waals surface area contributed by atoms with Crippen molar-refractivity contribution in [2.45, 2.75) is 13.0 Å². The highest BCUT2D eigenvalue weighted by Gasteiger charge is 2.09. The Morgan fingerprint density at radius 1 is 0.724 bits per heavy atom. The molecule has 1 heterocycles. The van der Waals surface area contributed by atoms with Crippen LogP contribution in [-0.2, 0) is 13.0 Å². The van der Waals surface area contributed by atoms with Gasteiger partial charge in [0, 0.05) is 26.2 Å². The summed E-state index contributed by atoms with van der Waals surface area (Å²) in [5.74, 6) is 0.581. The number of azo groups is 1. The zero-order valence-corrected chi connectivity index (χ0v) is 16.7. The van der Waals surface area contributed by atoms with E-state index in [1.54, 1.807) is 0 Å². The maximum absolute atomic E-state index is 4.81. The predicted octanol–water partition coefficient (Wildman–Crippen LogP) is 5.57. The Kier molecular flexibility index (Phi) is 5.56. The third-order valence-electron chi connectivity index (χ3n) is 4.71. The second-order valence-corrected chi connectivity index (χ2v) is 7.11. The van der Waals surface area contributed by atoms with Crippen molar-refractivity contribution >= 4 is 22.5 Å². The molecular weight excluding hydrogens is 358 g/mol. The molecular formula is C24H23N5. The van der Waals surface area contributed by atoms with E-state index in [9.17, 15) is 0 Å². The fraction of sp³-hybridized carbons (Fsp3) is 0.167. The van der Waals surface area contributed by atoms with Crippen LogP contribution in [0.2, 0.25) is 0 Å². The van der Waals surface area contributed by atoms with Gasteiger partial charge < -0.3 is 4.90 Å². The first kappa shape index (κ1) is 18.7. The third-order valence-corrected chi connectivity index (χ3v) is 4.71. The zero-order chi connectivity index (χ0) is 20.1. The van der Waals surface area contributed by atoms with Crippen molar-refractivity contribution < 1.29 is 0 Å². The van der Waals surface area contributed by atoms with E-state index >= 15 is 0 Å². The van der Waals surface area contributed by atoms with Crippen LogP contribution in [-0.4, -0.2) is 24.1 Å². The van der Waals surface area contributed by atoms with Gasteiger partial charge in [-0.3, -0.25) is 0 Å². The van der Waals surface area contributed by atoms with Crippen LogP contribution in [0.5, 0.6) is 0 Å². The molecule has 29 heavy (non-hydrogen) atoms. The maximum atomic E-state index is 4.81. The van der Waals surface area contributed by atoms with Crippen LogP contribution in [0, 0.1) is 0 Å². The van der Waals surface area contributed by atoms with Gasteiger partial charge in [-0.15, -0.1) is 5.11 Å². The summed E-state index contributed by atoms with van der Waals surface area (Å²) in [6, 6.07) is 26.4. The third kappa shape index (κ3) is 4.63. The van der Waals surface area contributed by atoms with Gasteiger partial charge in [-0.2, -0.15) is 5.11 Å². The molecule has 0 saturated heterocycles. The monoisotopic (exact) mass is 381 g/mol. The Labute approximate surface area is 170 Å². The van der Waals surface area contributed by atoms with Gasteiger partial charge in [-0.1, -0.05) is 54.6 Å². The van der Waals surface area contributed by atoms with Crippen LogP contribution in [0.15, 0.2) is 89.1 Å². The van der Waals surface area contributed by atoms with Gasteiger partial charge in [-0.25, -0.2) is 9.97 Å². The van der Waals surface area contributed by atoms with Gasteiger partial charge in [0.05, 0.1) is 23.3 Å². The molecule has 5 nitrogen and oxygen atoms in total. The van der Waals surface area contributed by atoms with E-state index in [1.165, 1.54) is 5.56 Å². The van der Waals surface area contributed by atoms with Crippen molar-refractivity contribution in [3.05, 3.63) is 95.7 Å². The normalized spacial score (nSPS) is 11.2. The second kappa shape index (κ2) is 8.61. The lowest BCUT2D eigenvalue weighted by molar-refractivity contribution is 0.929. The fourth-order valence-electron chi connectivity index (χ4n) is 3.10. The van der Waals surface area contributed by atoms with E-state index in [2.05, 4.69) is 51.5 Å². The standard InChI is InChI=1S/C24H23N5/c1-29(2)20-14-12-19(13-15-20)17-25-28-24-23(16-18-8-4-3-5-9-18)26-21-10-6-7-11-22(21)27-24/h3-15H,16-17H2,1-2H3. The molecule has 0 saturated carbocycles. The van der Waals surface area contributed by atoms with Gasteiger partial charge in [0.2, 0.25) is 0 Å². The van der Waals surface area contributed by atoms with E-state index in [0.717, 1.165) is 28.0 Å². The number of benzene rings is 3. The Morgan fingerprint density at radius 3 is 2.07 bits per heavy atom. The molecule has 0 aliphatic rings. The quantitative estimate of drug-likeness (QED) is 0.410. The Morgan fingerprint density at radius 2 is 1.38 bits per heavy atom. The fourth-order valence-corrected chi connectivity index (χ4v) is 3.10. The van der Waals surface area contributed by atoms with Gasteiger partial charge in [-0.05, 0) is 35.4 Å². The number of para-hydroxylation sites is 2. The number of aromatic nitrogens is 2. The summed E-state index contributed by atoms with van der Waals surface area (Å²) >= 11 is 0.